The monoisotopic (exact) mass is 235 g/mol. The zero-order chi connectivity index (χ0) is 12.5. The fourth-order valence-electron chi connectivity index (χ4n) is 1.92. The highest BCUT2D eigenvalue weighted by atomic mass is 16.1. The fourth-order valence-corrected chi connectivity index (χ4v) is 1.92. The lowest BCUT2D eigenvalue weighted by Crippen LogP contribution is -2.28. The second-order valence-corrected chi connectivity index (χ2v) is 4.43. The van der Waals surface area contributed by atoms with Crippen molar-refractivity contribution in [3.63, 3.8) is 0 Å². The molecule has 4 heteroatoms. The van der Waals surface area contributed by atoms with Gasteiger partial charge in [-0.25, -0.2) is 0 Å². The third-order valence-electron chi connectivity index (χ3n) is 3.00. The number of rotatable bonds is 6. The molecule has 1 aliphatic rings. The third kappa shape index (κ3) is 4.90. The van der Waals surface area contributed by atoms with Gasteiger partial charge in [0.15, 0.2) is 0 Å². The van der Waals surface area contributed by atoms with Crippen LogP contribution in [0.4, 0.5) is 0 Å². The van der Waals surface area contributed by atoms with Gasteiger partial charge in [0, 0.05) is 18.8 Å². The van der Waals surface area contributed by atoms with Crippen molar-refractivity contribution in [2.75, 3.05) is 6.54 Å². The second kappa shape index (κ2) is 7.72. The Bertz CT molecular complexity index is 311. The van der Waals surface area contributed by atoms with E-state index in [-0.39, 0.29) is 11.5 Å². The van der Waals surface area contributed by atoms with E-state index in [9.17, 15) is 4.79 Å². The Balaban J connectivity index is 2.37. The quantitative estimate of drug-likeness (QED) is 0.419. The van der Waals surface area contributed by atoms with Gasteiger partial charge < -0.3 is 10.6 Å². The number of hydrogen-bond donors (Lipinski definition) is 2. The lowest BCUT2D eigenvalue weighted by Gasteiger charge is -2.09. The van der Waals surface area contributed by atoms with Crippen molar-refractivity contribution < 1.29 is 4.79 Å². The summed E-state index contributed by atoms with van der Waals surface area (Å²) < 4.78 is 0. The van der Waals surface area contributed by atoms with Crippen molar-refractivity contribution in [2.45, 2.75) is 51.5 Å². The first-order valence-electron chi connectivity index (χ1n) is 6.42. The highest BCUT2D eigenvalue weighted by Crippen LogP contribution is 2.17. The van der Waals surface area contributed by atoms with Gasteiger partial charge in [-0.1, -0.05) is 26.2 Å². The predicted octanol–water partition coefficient (Wildman–Crippen LogP) is 1.84. The van der Waals surface area contributed by atoms with Crippen LogP contribution in [0.3, 0.4) is 0 Å². The van der Waals surface area contributed by atoms with Gasteiger partial charge in [-0.2, -0.15) is 5.26 Å². The van der Waals surface area contributed by atoms with E-state index in [4.69, 9.17) is 5.26 Å². The molecule has 0 aromatic rings. The number of amides is 1. The molecule has 1 saturated carbocycles. The standard InChI is InChI=1S/C13H21N3O/c1-2-3-8-15-13(17)11(9-14)10-16-12-6-4-5-7-12/h10,12,16H,2-8H2,1H3,(H,15,17)/b11-10-. The van der Waals surface area contributed by atoms with Gasteiger partial charge in [0.05, 0.1) is 0 Å². The first kappa shape index (κ1) is 13.6. The number of nitrogens with zero attached hydrogens (tertiary/aromatic N) is 1. The van der Waals surface area contributed by atoms with Gasteiger partial charge in [-0.05, 0) is 19.3 Å². The highest BCUT2D eigenvalue weighted by molar-refractivity contribution is 5.97. The molecule has 0 saturated heterocycles. The molecular weight excluding hydrogens is 214 g/mol. The molecule has 1 rings (SSSR count). The van der Waals surface area contributed by atoms with Crippen LogP contribution in [0.1, 0.15) is 45.4 Å². The van der Waals surface area contributed by atoms with Crippen LogP contribution in [0.15, 0.2) is 11.8 Å². The molecule has 17 heavy (non-hydrogen) atoms. The molecule has 0 unspecified atom stereocenters. The van der Waals surface area contributed by atoms with Crippen LogP contribution < -0.4 is 10.6 Å². The van der Waals surface area contributed by atoms with Gasteiger partial charge in [0.1, 0.15) is 11.6 Å². The zero-order valence-corrected chi connectivity index (χ0v) is 10.5. The van der Waals surface area contributed by atoms with Gasteiger partial charge in [-0.3, -0.25) is 4.79 Å². The summed E-state index contributed by atoms with van der Waals surface area (Å²) in [6.45, 7) is 2.70. The van der Waals surface area contributed by atoms with Crippen LogP contribution in [0.2, 0.25) is 0 Å². The lowest BCUT2D eigenvalue weighted by atomic mass is 10.2. The summed E-state index contributed by atoms with van der Waals surface area (Å²) in [4.78, 5) is 11.6. The molecule has 0 atom stereocenters. The summed E-state index contributed by atoms with van der Waals surface area (Å²) in [5.41, 5.74) is 0.174. The molecule has 0 aromatic carbocycles. The molecule has 1 fully saturated rings. The van der Waals surface area contributed by atoms with Crippen LogP contribution in [-0.2, 0) is 4.79 Å². The van der Waals surface area contributed by atoms with Crippen LogP contribution in [0.5, 0.6) is 0 Å². The molecule has 0 aromatic heterocycles. The van der Waals surface area contributed by atoms with Crippen LogP contribution in [-0.4, -0.2) is 18.5 Å². The molecule has 0 heterocycles. The van der Waals surface area contributed by atoms with Crippen molar-refractivity contribution in [1.82, 2.24) is 10.6 Å². The van der Waals surface area contributed by atoms with Crippen LogP contribution >= 0.6 is 0 Å². The van der Waals surface area contributed by atoms with E-state index < -0.39 is 0 Å². The number of carbonyl (C=O) groups excluding carboxylic acids is 1. The maximum absolute atomic E-state index is 11.6. The largest absolute Gasteiger partial charge is 0.387 e. The first-order chi connectivity index (χ1) is 8.27. The minimum atomic E-state index is -0.272. The lowest BCUT2D eigenvalue weighted by molar-refractivity contribution is -0.117. The van der Waals surface area contributed by atoms with E-state index in [1.807, 2.05) is 6.07 Å². The van der Waals surface area contributed by atoms with Gasteiger partial charge >= 0.3 is 0 Å². The Kier molecular flexibility index (Phi) is 6.16. The van der Waals surface area contributed by atoms with Gasteiger partial charge in [-0.15, -0.1) is 0 Å². The van der Waals surface area contributed by atoms with Crippen LogP contribution in [0.25, 0.3) is 0 Å². The molecule has 2 N–H and O–H groups in total. The van der Waals surface area contributed by atoms with Crippen molar-refractivity contribution in [2.24, 2.45) is 0 Å². The van der Waals surface area contributed by atoms with Crippen molar-refractivity contribution in [3.05, 3.63) is 11.8 Å². The minimum absolute atomic E-state index is 0.174. The van der Waals surface area contributed by atoms with E-state index in [1.165, 1.54) is 12.8 Å². The first-order valence-corrected chi connectivity index (χ1v) is 6.42. The Morgan fingerprint density at radius 2 is 2.18 bits per heavy atom. The SMILES string of the molecule is CCCCNC(=O)/C(C#N)=C\NC1CCCC1. The minimum Gasteiger partial charge on any atom is -0.387 e. The molecule has 4 nitrogen and oxygen atoms in total. The summed E-state index contributed by atoms with van der Waals surface area (Å²) >= 11 is 0. The number of nitrogens with one attached hydrogen (secondary N) is 2. The highest BCUT2D eigenvalue weighted by Gasteiger charge is 2.14. The average molecular weight is 235 g/mol. The molecule has 0 bridgehead atoms. The van der Waals surface area contributed by atoms with E-state index in [0.717, 1.165) is 25.7 Å². The molecule has 1 aliphatic carbocycles. The summed E-state index contributed by atoms with van der Waals surface area (Å²) in [6, 6.07) is 2.37. The van der Waals surface area contributed by atoms with Crippen molar-refractivity contribution in [1.29, 1.82) is 5.26 Å². The number of hydrogen-bond acceptors (Lipinski definition) is 3. The molecule has 1 amide bonds. The molecular formula is C13H21N3O. The second-order valence-electron chi connectivity index (χ2n) is 4.43. The van der Waals surface area contributed by atoms with E-state index >= 15 is 0 Å². The summed E-state index contributed by atoms with van der Waals surface area (Å²) in [5, 5.41) is 14.8. The van der Waals surface area contributed by atoms with E-state index in [1.54, 1.807) is 6.20 Å². The maximum atomic E-state index is 11.6. The summed E-state index contributed by atoms with van der Waals surface area (Å²) in [5.74, 6) is -0.272. The molecule has 0 aliphatic heterocycles. The topological polar surface area (TPSA) is 64.9 Å². The average Bonchev–Trinajstić information content (AvgIpc) is 2.83. The van der Waals surface area contributed by atoms with Crippen LogP contribution in [0, 0.1) is 11.3 Å². The Hall–Kier alpha value is -1.50. The van der Waals surface area contributed by atoms with E-state index in [0.29, 0.717) is 12.6 Å². The Labute approximate surface area is 103 Å². The van der Waals surface area contributed by atoms with Crippen molar-refractivity contribution >= 4 is 5.91 Å². The zero-order valence-electron chi connectivity index (χ0n) is 10.5. The molecule has 94 valence electrons. The molecule has 0 radical (unpaired) electrons. The van der Waals surface area contributed by atoms with Crippen molar-refractivity contribution in [3.8, 4) is 6.07 Å². The summed E-state index contributed by atoms with van der Waals surface area (Å²) in [7, 11) is 0. The smallest absolute Gasteiger partial charge is 0.263 e. The maximum Gasteiger partial charge on any atom is 0.263 e. The Morgan fingerprint density at radius 1 is 1.47 bits per heavy atom. The van der Waals surface area contributed by atoms with E-state index in [2.05, 4.69) is 17.6 Å². The Morgan fingerprint density at radius 3 is 2.76 bits per heavy atom. The predicted molar refractivity (Wildman–Crippen MR) is 67.0 cm³/mol. The molecule has 0 spiro atoms. The number of unbranched alkanes of at least 4 members (excludes halogenated alkanes) is 1. The number of nitriles is 1. The van der Waals surface area contributed by atoms with Gasteiger partial charge in [0.25, 0.3) is 5.91 Å². The summed E-state index contributed by atoms with van der Waals surface area (Å²) in [6.07, 6.45) is 8.27. The third-order valence-corrected chi connectivity index (χ3v) is 3.00. The number of carbonyl (C=O) groups is 1. The normalized spacial score (nSPS) is 16.6. The van der Waals surface area contributed by atoms with Gasteiger partial charge in [0.2, 0.25) is 0 Å². The fraction of sp³-hybridized carbons (Fsp3) is 0.692.